The highest BCUT2D eigenvalue weighted by Gasteiger charge is 2.74. The number of thioether (sulfide) groups is 2. The van der Waals surface area contributed by atoms with Crippen LogP contribution < -0.4 is 0 Å². The topological polar surface area (TPSA) is 142 Å². The lowest BCUT2D eigenvalue weighted by Crippen LogP contribution is -2.74. The van der Waals surface area contributed by atoms with Crippen LogP contribution in [0.15, 0.2) is 82.1 Å². The van der Waals surface area contributed by atoms with Gasteiger partial charge in [0.1, 0.15) is 24.9 Å². The van der Waals surface area contributed by atoms with E-state index in [4.69, 9.17) is 18.9 Å². The molecule has 0 spiro atoms. The molecule has 0 saturated heterocycles. The lowest BCUT2D eigenvalue weighted by Gasteiger charge is -2.68. The fourth-order valence-electron chi connectivity index (χ4n) is 9.66. The molecule has 0 aliphatic heterocycles. The minimum absolute atomic E-state index is 0.0942. The smallest absolute Gasteiger partial charge is 0.330 e. The zero-order chi connectivity index (χ0) is 38.7. The van der Waals surface area contributed by atoms with Crippen LogP contribution in [0.2, 0.25) is 0 Å². The average molecular weight is 767 g/mol. The van der Waals surface area contributed by atoms with Gasteiger partial charge in [-0.3, -0.25) is 19.2 Å². The number of fused-ring (bicyclic) bond motifs is 3. The average Bonchev–Trinajstić information content (AvgIpc) is 3.10. The Hall–Kier alpha value is -3.61. The Bertz CT molecular complexity index is 1670. The second-order valence-corrected chi connectivity index (χ2v) is 17.6. The summed E-state index contributed by atoms with van der Waals surface area (Å²) in [5, 5.41) is 11.5. The van der Waals surface area contributed by atoms with Gasteiger partial charge in [-0.2, -0.15) is 0 Å². The number of carbonyl (C=O) groups excluding carboxylic acids is 5. The highest BCUT2D eigenvalue weighted by atomic mass is 32.2. The van der Waals surface area contributed by atoms with Crippen LogP contribution >= 0.6 is 23.5 Å². The van der Waals surface area contributed by atoms with Crippen LogP contribution in [0.3, 0.4) is 0 Å². The molecular weight excluding hydrogens is 717 g/mol. The molecule has 0 aromatic heterocycles. The first-order chi connectivity index (χ1) is 25.1. The maximum atomic E-state index is 14.2. The van der Waals surface area contributed by atoms with Crippen molar-refractivity contribution in [3.63, 3.8) is 0 Å². The predicted molar refractivity (Wildman–Crippen MR) is 200 cm³/mol. The van der Waals surface area contributed by atoms with E-state index in [1.807, 2.05) is 81.4 Å². The van der Waals surface area contributed by atoms with E-state index >= 15 is 0 Å². The number of ether oxygens (including phenoxy) is 4. The quantitative estimate of drug-likeness (QED) is 0.105. The van der Waals surface area contributed by atoms with E-state index in [0.29, 0.717) is 18.4 Å². The number of carbonyl (C=O) groups is 5. The van der Waals surface area contributed by atoms with E-state index < -0.39 is 80.8 Å². The highest BCUT2D eigenvalue weighted by molar-refractivity contribution is 8.18. The minimum Gasteiger partial charge on any atom is -0.463 e. The second-order valence-electron chi connectivity index (χ2n) is 14.9. The minimum atomic E-state index is -1.23. The summed E-state index contributed by atoms with van der Waals surface area (Å²) in [7, 11) is 0. The summed E-state index contributed by atoms with van der Waals surface area (Å²) in [6.45, 7) is 10.6. The molecule has 3 aliphatic rings. The Labute approximate surface area is 320 Å². The van der Waals surface area contributed by atoms with E-state index in [1.165, 1.54) is 44.3 Å². The van der Waals surface area contributed by atoms with Gasteiger partial charge < -0.3 is 24.1 Å². The number of esters is 4. The fourth-order valence-corrected chi connectivity index (χ4v) is 12.0. The van der Waals surface area contributed by atoms with Gasteiger partial charge in [-0.05, 0) is 67.5 Å². The van der Waals surface area contributed by atoms with Gasteiger partial charge in [0.05, 0.1) is 5.41 Å². The number of rotatable bonds is 12. The molecule has 5 rings (SSSR count). The molecule has 2 aromatic carbocycles. The van der Waals surface area contributed by atoms with Gasteiger partial charge in [0.25, 0.3) is 0 Å². The van der Waals surface area contributed by atoms with Crippen molar-refractivity contribution >= 4 is 53.2 Å². The number of Topliss-reactive ketones (excluding diaryl/α,β-unsaturated/α-hetero) is 1. The molecule has 2 fully saturated rings. The van der Waals surface area contributed by atoms with Gasteiger partial charge in [-0.1, -0.05) is 80.7 Å². The Balaban J connectivity index is 1.62. The number of hydrogen-bond acceptors (Lipinski definition) is 12. The van der Waals surface area contributed by atoms with Gasteiger partial charge in [0.2, 0.25) is 0 Å². The number of ketones is 1. The largest absolute Gasteiger partial charge is 0.463 e. The van der Waals surface area contributed by atoms with Crippen molar-refractivity contribution in [3.05, 3.63) is 72.3 Å². The molecule has 0 radical (unpaired) electrons. The Morgan fingerprint density at radius 2 is 1.42 bits per heavy atom. The van der Waals surface area contributed by atoms with Crippen LogP contribution in [0.5, 0.6) is 0 Å². The van der Waals surface area contributed by atoms with Crippen molar-refractivity contribution in [2.75, 3.05) is 13.2 Å². The third-order valence-corrected chi connectivity index (χ3v) is 14.4. The Morgan fingerprint density at radius 1 is 0.868 bits per heavy atom. The fraction of sp³-hybridized carbons (Fsp3) is 0.537. The molecule has 2 saturated carbocycles. The van der Waals surface area contributed by atoms with E-state index in [1.54, 1.807) is 13.0 Å². The molecule has 9 unspecified atom stereocenters. The van der Waals surface area contributed by atoms with Crippen LogP contribution in [-0.4, -0.2) is 70.9 Å². The molecule has 0 heterocycles. The third-order valence-electron chi connectivity index (χ3n) is 11.9. The number of allylic oxidation sites excluding steroid dienone is 1. The number of benzene rings is 2. The first-order valence-electron chi connectivity index (χ1n) is 18.1. The zero-order valence-corrected chi connectivity index (χ0v) is 33.0. The Kier molecular flexibility index (Phi) is 12.6. The molecule has 10 nitrogen and oxygen atoms in total. The lowest BCUT2D eigenvalue weighted by molar-refractivity contribution is -0.289. The summed E-state index contributed by atoms with van der Waals surface area (Å²) in [5.74, 6) is -4.46. The van der Waals surface area contributed by atoms with Crippen molar-refractivity contribution in [3.8, 4) is 0 Å². The number of aliphatic hydroxyl groups excluding tert-OH is 1. The van der Waals surface area contributed by atoms with Crippen molar-refractivity contribution < 1.29 is 48.0 Å². The van der Waals surface area contributed by atoms with Gasteiger partial charge in [-0.15, -0.1) is 0 Å². The first kappa shape index (κ1) is 40.6. The molecule has 53 heavy (non-hydrogen) atoms. The summed E-state index contributed by atoms with van der Waals surface area (Å²) in [6.07, 6.45) is -0.445. The van der Waals surface area contributed by atoms with Crippen LogP contribution in [0.4, 0.5) is 0 Å². The molecule has 0 amide bonds. The molecule has 3 aliphatic carbocycles. The summed E-state index contributed by atoms with van der Waals surface area (Å²) >= 11 is 2.70. The standard InChI is InChI=1S/C41H50O10S2/c1-8-41(23-48-37(47)38(52-28-15-11-9-12-16-28)53-29-17-13-10-14-18-29)31(22-42)39(6)20-19-30-33(46)24(2)21-32(49-25(3)43)40(30,7)35(39)34(50-26(4)44)36(41)51-27(5)45/h9-18,21,30-32,34-36,38,42H,8,19-20,22-23H2,1-7H3. The molecule has 0 bridgehead atoms. The van der Waals surface area contributed by atoms with Crippen molar-refractivity contribution in [2.24, 2.45) is 34.0 Å². The molecule has 12 heteroatoms. The zero-order valence-electron chi connectivity index (χ0n) is 31.4. The Morgan fingerprint density at radius 3 is 1.91 bits per heavy atom. The van der Waals surface area contributed by atoms with Gasteiger partial charge in [0.15, 0.2) is 10.4 Å². The molecule has 2 aromatic rings. The van der Waals surface area contributed by atoms with E-state index in [-0.39, 0.29) is 25.4 Å². The van der Waals surface area contributed by atoms with Crippen LogP contribution in [0.1, 0.15) is 67.7 Å². The van der Waals surface area contributed by atoms with E-state index in [9.17, 15) is 29.1 Å². The van der Waals surface area contributed by atoms with Crippen LogP contribution in [0.25, 0.3) is 0 Å². The highest BCUT2D eigenvalue weighted by Crippen LogP contribution is 2.69. The summed E-state index contributed by atoms with van der Waals surface area (Å²) in [6, 6.07) is 19.0. The summed E-state index contributed by atoms with van der Waals surface area (Å²) in [5.41, 5.74) is -2.76. The molecular formula is C41H50O10S2. The van der Waals surface area contributed by atoms with Crippen LogP contribution in [-0.2, 0) is 42.9 Å². The number of aliphatic hydroxyl groups is 1. The van der Waals surface area contributed by atoms with Gasteiger partial charge in [0, 0.05) is 60.3 Å². The first-order valence-corrected chi connectivity index (χ1v) is 19.8. The third kappa shape index (κ3) is 7.82. The second kappa shape index (κ2) is 16.4. The van der Waals surface area contributed by atoms with Crippen molar-refractivity contribution in [1.29, 1.82) is 0 Å². The van der Waals surface area contributed by atoms with Gasteiger partial charge in [-0.25, -0.2) is 4.79 Å². The normalized spacial score (nSPS) is 32.1. The summed E-state index contributed by atoms with van der Waals surface area (Å²) < 4.78 is 23.9. The maximum absolute atomic E-state index is 14.2. The predicted octanol–water partition coefficient (Wildman–Crippen LogP) is 6.82. The molecule has 9 atom stereocenters. The number of hydrogen-bond donors (Lipinski definition) is 1. The molecule has 1 N–H and O–H groups in total. The van der Waals surface area contributed by atoms with E-state index in [0.717, 1.165) is 9.79 Å². The van der Waals surface area contributed by atoms with Crippen molar-refractivity contribution in [2.45, 2.75) is 100 Å². The SMILES string of the molecule is CCC1(COC(=O)C(Sc2ccccc2)Sc2ccccc2)C(OC(C)=O)C(OC(C)=O)C2C(C)(CCC3C(=O)C(C)=CC(OC(C)=O)C32C)C1CO. The van der Waals surface area contributed by atoms with E-state index in [2.05, 4.69) is 0 Å². The molecule has 286 valence electrons. The lowest BCUT2D eigenvalue weighted by atomic mass is 9.37. The van der Waals surface area contributed by atoms with Crippen LogP contribution in [0, 0.1) is 34.0 Å². The maximum Gasteiger partial charge on any atom is 0.330 e. The van der Waals surface area contributed by atoms with Gasteiger partial charge >= 0.3 is 23.9 Å². The monoisotopic (exact) mass is 766 g/mol. The van der Waals surface area contributed by atoms with Crippen molar-refractivity contribution in [1.82, 2.24) is 0 Å². The summed E-state index contributed by atoms with van der Waals surface area (Å²) in [4.78, 5) is 68.5.